The molecule has 1 aromatic rings. The maximum atomic E-state index is 3.50. The highest BCUT2D eigenvalue weighted by molar-refractivity contribution is 7.12. The quantitative estimate of drug-likeness (QED) is 0.821. The second-order valence-corrected chi connectivity index (χ2v) is 6.16. The smallest absolute Gasteiger partial charge is 0.0443 e. The molecular formula is C13H21NS. The first-order valence-electron chi connectivity index (χ1n) is 5.87. The fourth-order valence-corrected chi connectivity index (χ4v) is 3.76. The van der Waals surface area contributed by atoms with Gasteiger partial charge in [0.1, 0.15) is 0 Å². The van der Waals surface area contributed by atoms with Crippen molar-refractivity contribution in [3.05, 3.63) is 21.4 Å². The zero-order chi connectivity index (χ0) is 11.0. The molecule has 1 N–H and O–H groups in total. The first-order chi connectivity index (χ1) is 7.13. The third-order valence-electron chi connectivity index (χ3n) is 3.56. The molecule has 1 fully saturated rings. The van der Waals surface area contributed by atoms with E-state index in [2.05, 4.69) is 39.2 Å². The summed E-state index contributed by atoms with van der Waals surface area (Å²) in [6.07, 6.45) is 2.87. The second-order valence-electron chi connectivity index (χ2n) is 4.87. The van der Waals surface area contributed by atoms with Crippen LogP contribution in [0.2, 0.25) is 0 Å². The van der Waals surface area contributed by atoms with Gasteiger partial charge in [-0.15, -0.1) is 11.3 Å². The second kappa shape index (κ2) is 4.26. The van der Waals surface area contributed by atoms with Crippen molar-refractivity contribution in [1.82, 2.24) is 5.32 Å². The molecule has 1 nitrogen and oxygen atoms in total. The number of hydrogen-bond acceptors (Lipinski definition) is 2. The van der Waals surface area contributed by atoms with Gasteiger partial charge in [-0.25, -0.2) is 0 Å². The molecule has 1 aliphatic carbocycles. The van der Waals surface area contributed by atoms with Crippen molar-refractivity contribution >= 4 is 11.3 Å². The molecule has 0 aromatic carbocycles. The summed E-state index contributed by atoms with van der Waals surface area (Å²) in [4.78, 5) is 2.99. The average Bonchev–Trinajstić information content (AvgIpc) is 2.95. The van der Waals surface area contributed by atoms with E-state index in [9.17, 15) is 0 Å². The van der Waals surface area contributed by atoms with Gasteiger partial charge in [-0.3, -0.25) is 0 Å². The molecule has 0 aliphatic heterocycles. The van der Waals surface area contributed by atoms with Crippen molar-refractivity contribution in [3.8, 4) is 0 Å². The molecule has 2 rings (SSSR count). The lowest BCUT2D eigenvalue weighted by Crippen LogP contribution is -2.24. The van der Waals surface area contributed by atoms with Crippen LogP contribution in [0.5, 0.6) is 0 Å². The first kappa shape index (κ1) is 11.2. The maximum absolute atomic E-state index is 3.50. The molecule has 15 heavy (non-hydrogen) atoms. The van der Waals surface area contributed by atoms with Crippen molar-refractivity contribution < 1.29 is 0 Å². The largest absolute Gasteiger partial charge is 0.312 e. The minimum absolute atomic E-state index is 0.566. The van der Waals surface area contributed by atoms with Gasteiger partial charge in [0.05, 0.1) is 0 Å². The minimum Gasteiger partial charge on any atom is -0.312 e. The van der Waals surface area contributed by atoms with Gasteiger partial charge in [-0.1, -0.05) is 6.92 Å². The van der Waals surface area contributed by atoms with Gasteiger partial charge in [0.25, 0.3) is 0 Å². The summed E-state index contributed by atoms with van der Waals surface area (Å²) in [6.45, 7) is 6.84. The number of aryl methyl sites for hydroxylation is 2. The summed E-state index contributed by atoms with van der Waals surface area (Å²) in [5.41, 5.74) is 1.46. The Balaban J connectivity index is 2.21. The van der Waals surface area contributed by atoms with Crippen LogP contribution >= 0.6 is 11.3 Å². The van der Waals surface area contributed by atoms with Crippen LogP contribution in [0, 0.1) is 25.7 Å². The third kappa shape index (κ3) is 2.26. The number of rotatable bonds is 4. The van der Waals surface area contributed by atoms with Crippen LogP contribution in [0.25, 0.3) is 0 Å². The van der Waals surface area contributed by atoms with E-state index in [1.165, 1.54) is 23.3 Å². The van der Waals surface area contributed by atoms with Crippen LogP contribution in [0.15, 0.2) is 6.07 Å². The zero-order valence-corrected chi connectivity index (χ0v) is 10.9. The summed E-state index contributed by atoms with van der Waals surface area (Å²) in [7, 11) is 2.10. The van der Waals surface area contributed by atoms with Crippen molar-refractivity contribution in [2.24, 2.45) is 11.8 Å². The van der Waals surface area contributed by atoms with Crippen LogP contribution in [0.1, 0.15) is 41.1 Å². The van der Waals surface area contributed by atoms with Crippen LogP contribution < -0.4 is 5.32 Å². The third-order valence-corrected chi connectivity index (χ3v) is 4.80. The SMILES string of the molecule is CNC(c1sc(C)cc1C)C(C)C1CC1. The topological polar surface area (TPSA) is 12.0 Å². The van der Waals surface area contributed by atoms with Crippen molar-refractivity contribution in [2.75, 3.05) is 7.05 Å². The predicted molar refractivity (Wildman–Crippen MR) is 67.5 cm³/mol. The summed E-state index contributed by atoms with van der Waals surface area (Å²) >= 11 is 1.96. The van der Waals surface area contributed by atoms with E-state index in [4.69, 9.17) is 0 Å². The van der Waals surface area contributed by atoms with Crippen LogP contribution in [-0.4, -0.2) is 7.05 Å². The van der Waals surface area contributed by atoms with E-state index in [-0.39, 0.29) is 0 Å². The molecule has 2 unspecified atom stereocenters. The van der Waals surface area contributed by atoms with Crippen molar-refractivity contribution in [1.29, 1.82) is 0 Å². The normalized spacial score (nSPS) is 20.3. The fraction of sp³-hybridized carbons (Fsp3) is 0.692. The van der Waals surface area contributed by atoms with E-state index >= 15 is 0 Å². The summed E-state index contributed by atoms with van der Waals surface area (Å²) in [6, 6.07) is 2.88. The lowest BCUT2D eigenvalue weighted by atomic mass is 9.94. The summed E-state index contributed by atoms with van der Waals surface area (Å²) in [5, 5.41) is 3.50. The maximum Gasteiger partial charge on any atom is 0.0443 e. The summed E-state index contributed by atoms with van der Waals surface area (Å²) in [5.74, 6) is 1.75. The molecule has 0 amide bonds. The van der Waals surface area contributed by atoms with Crippen LogP contribution in [-0.2, 0) is 0 Å². The van der Waals surface area contributed by atoms with Gasteiger partial charge in [0.15, 0.2) is 0 Å². The van der Waals surface area contributed by atoms with Crippen molar-refractivity contribution in [2.45, 2.75) is 39.7 Å². The Morgan fingerprint density at radius 1 is 1.40 bits per heavy atom. The van der Waals surface area contributed by atoms with E-state index in [1.54, 1.807) is 4.88 Å². The van der Waals surface area contributed by atoms with E-state index in [1.807, 2.05) is 11.3 Å². The number of hydrogen-bond donors (Lipinski definition) is 1. The van der Waals surface area contributed by atoms with Gasteiger partial charge in [-0.2, -0.15) is 0 Å². The molecular weight excluding hydrogens is 202 g/mol. The van der Waals surface area contributed by atoms with Crippen molar-refractivity contribution in [3.63, 3.8) is 0 Å². The molecule has 0 spiro atoms. The molecule has 84 valence electrons. The number of thiophene rings is 1. The highest BCUT2D eigenvalue weighted by atomic mass is 32.1. The molecule has 1 aliphatic rings. The fourth-order valence-electron chi connectivity index (χ4n) is 2.50. The highest BCUT2D eigenvalue weighted by Gasteiger charge is 2.34. The van der Waals surface area contributed by atoms with Gasteiger partial charge >= 0.3 is 0 Å². The van der Waals surface area contributed by atoms with Gasteiger partial charge in [0, 0.05) is 15.8 Å². The highest BCUT2D eigenvalue weighted by Crippen LogP contribution is 2.44. The average molecular weight is 223 g/mol. The Labute approximate surface area is 96.9 Å². The summed E-state index contributed by atoms with van der Waals surface area (Å²) < 4.78 is 0. The van der Waals surface area contributed by atoms with Gasteiger partial charge in [0.2, 0.25) is 0 Å². The zero-order valence-electron chi connectivity index (χ0n) is 10.1. The van der Waals surface area contributed by atoms with Gasteiger partial charge < -0.3 is 5.32 Å². The molecule has 0 saturated heterocycles. The van der Waals surface area contributed by atoms with E-state index in [0.717, 1.165) is 11.8 Å². The monoisotopic (exact) mass is 223 g/mol. The molecule has 0 bridgehead atoms. The lowest BCUT2D eigenvalue weighted by Gasteiger charge is -2.23. The molecule has 1 saturated carbocycles. The molecule has 1 heterocycles. The van der Waals surface area contributed by atoms with Crippen LogP contribution in [0.4, 0.5) is 0 Å². The Bertz CT molecular complexity index is 338. The molecule has 2 heteroatoms. The molecule has 0 radical (unpaired) electrons. The minimum atomic E-state index is 0.566. The molecule has 2 atom stereocenters. The standard InChI is InChI=1S/C13H21NS/c1-8-7-9(2)15-13(8)12(14-4)10(3)11-5-6-11/h7,10-12,14H,5-6H2,1-4H3. The molecule has 1 aromatic heterocycles. The Morgan fingerprint density at radius 2 is 2.07 bits per heavy atom. The van der Waals surface area contributed by atoms with Crippen LogP contribution in [0.3, 0.4) is 0 Å². The van der Waals surface area contributed by atoms with E-state index in [0.29, 0.717) is 6.04 Å². The first-order valence-corrected chi connectivity index (χ1v) is 6.69. The Kier molecular flexibility index (Phi) is 3.17. The lowest BCUT2D eigenvalue weighted by molar-refractivity contribution is 0.373. The number of nitrogens with one attached hydrogen (secondary N) is 1. The van der Waals surface area contributed by atoms with Gasteiger partial charge in [-0.05, 0) is 57.2 Å². The Morgan fingerprint density at radius 3 is 2.47 bits per heavy atom. The Hall–Kier alpha value is -0.340. The predicted octanol–water partition coefficient (Wildman–Crippen LogP) is 3.67. The van der Waals surface area contributed by atoms with E-state index < -0.39 is 0 Å².